The maximum atomic E-state index is 13.8. The molecule has 5 N–H and O–H groups in total. The second kappa shape index (κ2) is 8.64. The monoisotopic (exact) mass is 452 g/mol. The van der Waals surface area contributed by atoms with Crippen molar-refractivity contribution < 1.29 is 17.9 Å². The zero-order chi connectivity index (χ0) is 22.0. The van der Waals surface area contributed by atoms with Crippen LogP contribution in [0.15, 0.2) is 36.4 Å². The summed E-state index contributed by atoms with van der Waals surface area (Å²) in [5.74, 6) is 0.670. The molecule has 11 heteroatoms. The van der Waals surface area contributed by atoms with E-state index >= 15 is 0 Å². The van der Waals surface area contributed by atoms with Crippen LogP contribution in [0.5, 0.6) is 5.75 Å². The van der Waals surface area contributed by atoms with Crippen molar-refractivity contribution >= 4 is 29.2 Å². The molecule has 0 amide bonds. The minimum absolute atomic E-state index is 0.0348. The van der Waals surface area contributed by atoms with Crippen molar-refractivity contribution in [3.63, 3.8) is 0 Å². The van der Waals surface area contributed by atoms with Crippen molar-refractivity contribution in [1.82, 2.24) is 20.5 Å². The summed E-state index contributed by atoms with van der Waals surface area (Å²) in [4.78, 5) is 3.82. The summed E-state index contributed by atoms with van der Waals surface area (Å²) in [7, 11) is 0. The molecule has 2 aromatic carbocycles. The molecule has 1 aliphatic heterocycles. The van der Waals surface area contributed by atoms with Gasteiger partial charge in [0.25, 0.3) is 0 Å². The Hall–Kier alpha value is -2.98. The fourth-order valence-electron chi connectivity index (χ4n) is 3.47. The Morgan fingerprint density at radius 1 is 1.19 bits per heavy atom. The van der Waals surface area contributed by atoms with E-state index in [1.807, 2.05) is 0 Å². The van der Waals surface area contributed by atoms with Crippen LogP contribution in [0.2, 0.25) is 5.02 Å². The van der Waals surface area contributed by atoms with Gasteiger partial charge in [-0.05, 0) is 49.2 Å². The number of benzene rings is 2. The summed E-state index contributed by atoms with van der Waals surface area (Å²) in [5.41, 5.74) is 4.88. The van der Waals surface area contributed by atoms with Gasteiger partial charge in [0.1, 0.15) is 11.9 Å². The molecule has 1 unspecified atom stereocenters. The molecule has 164 valence electrons. The van der Waals surface area contributed by atoms with Gasteiger partial charge in [0.15, 0.2) is 0 Å². The third-order valence-electron chi connectivity index (χ3n) is 4.85. The molecular formula is C20H20ClF3N6O. The van der Waals surface area contributed by atoms with E-state index in [1.165, 1.54) is 6.07 Å². The minimum Gasteiger partial charge on any atom is -0.489 e. The molecule has 0 spiro atoms. The Kier molecular flexibility index (Phi) is 5.92. The zero-order valence-corrected chi connectivity index (χ0v) is 17.0. The van der Waals surface area contributed by atoms with Gasteiger partial charge in [-0.25, -0.2) is 5.10 Å². The molecule has 7 nitrogen and oxygen atoms in total. The van der Waals surface area contributed by atoms with Crippen molar-refractivity contribution in [3.8, 4) is 16.9 Å². The molecule has 1 aliphatic rings. The van der Waals surface area contributed by atoms with Gasteiger partial charge in [0.2, 0.25) is 11.9 Å². The Balaban J connectivity index is 1.63. The van der Waals surface area contributed by atoms with Gasteiger partial charge in [-0.15, -0.1) is 5.10 Å². The summed E-state index contributed by atoms with van der Waals surface area (Å²) in [6.07, 6.45) is -2.63. The molecule has 0 aliphatic carbocycles. The van der Waals surface area contributed by atoms with Crippen LogP contribution >= 0.6 is 11.6 Å². The molecule has 0 bridgehead atoms. The van der Waals surface area contributed by atoms with E-state index in [1.54, 1.807) is 24.3 Å². The Bertz CT molecular complexity index is 1050. The largest absolute Gasteiger partial charge is 0.489 e. The number of piperidine rings is 1. The summed E-state index contributed by atoms with van der Waals surface area (Å²) in [5, 5.41) is 12.0. The lowest BCUT2D eigenvalue weighted by molar-refractivity contribution is -0.137. The molecule has 4 rings (SSSR count). The smallest absolute Gasteiger partial charge is 0.417 e. The summed E-state index contributed by atoms with van der Waals surface area (Å²) >= 11 is 6.29. The highest BCUT2D eigenvalue weighted by Crippen LogP contribution is 2.43. The third-order valence-corrected chi connectivity index (χ3v) is 5.15. The minimum atomic E-state index is -4.63. The Morgan fingerprint density at radius 3 is 2.58 bits per heavy atom. The number of nitrogens with two attached hydrogens (primary N) is 1. The maximum absolute atomic E-state index is 13.8. The van der Waals surface area contributed by atoms with E-state index in [4.69, 9.17) is 22.1 Å². The molecule has 1 saturated heterocycles. The van der Waals surface area contributed by atoms with Crippen LogP contribution in [0.4, 0.5) is 30.8 Å². The lowest BCUT2D eigenvalue weighted by atomic mass is 9.98. The van der Waals surface area contributed by atoms with Crippen LogP contribution < -0.4 is 21.1 Å². The van der Waals surface area contributed by atoms with Gasteiger partial charge in [0, 0.05) is 17.8 Å². The van der Waals surface area contributed by atoms with Gasteiger partial charge in [-0.2, -0.15) is 18.2 Å². The highest BCUT2D eigenvalue weighted by molar-refractivity contribution is 6.34. The first-order chi connectivity index (χ1) is 14.8. The maximum Gasteiger partial charge on any atom is 0.417 e. The van der Waals surface area contributed by atoms with Crippen molar-refractivity contribution in [3.05, 3.63) is 47.0 Å². The van der Waals surface area contributed by atoms with Crippen LogP contribution in [0, 0.1) is 0 Å². The number of nitrogens with one attached hydrogen (secondary N) is 3. The number of aromatic amines is 1. The SMILES string of the molecule is Nc1nc(Nc2cc(Cl)c(-c3ccc(OC4CCCNC4)cc3)c(C(F)(F)F)c2)n[nH]1. The number of alkyl halides is 3. The number of aromatic nitrogens is 3. The van der Waals surface area contributed by atoms with E-state index in [0.29, 0.717) is 11.3 Å². The predicted octanol–water partition coefficient (Wildman–Crippen LogP) is 4.60. The van der Waals surface area contributed by atoms with Gasteiger partial charge in [0.05, 0.1) is 10.6 Å². The number of nitrogens with zero attached hydrogens (tertiary/aromatic N) is 2. The van der Waals surface area contributed by atoms with Crippen LogP contribution in [-0.2, 0) is 6.18 Å². The highest BCUT2D eigenvalue weighted by atomic mass is 35.5. The number of ether oxygens (including phenoxy) is 1. The fourth-order valence-corrected chi connectivity index (χ4v) is 3.80. The molecule has 2 heterocycles. The molecule has 0 radical (unpaired) electrons. The van der Waals surface area contributed by atoms with E-state index in [-0.39, 0.29) is 34.3 Å². The van der Waals surface area contributed by atoms with E-state index in [2.05, 4.69) is 25.8 Å². The predicted molar refractivity (Wildman–Crippen MR) is 112 cm³/mol. The van der Waals surface area contributed by atoms with Gasteiger partial charge >= 0.3 is 6.18 Å². The first-order valence-electron chi connectivity index (χ1n) is 9.63. The molecular weight excluding hydrogens is 433 g/mol. The van der Waals surface area contributed by atoms with Crippen LogP contribution in [0.1, 0.15) is 18.4 Å². The lowest BCUT2D eigenvalue weighted by Crippen LogP contribution is -2.37. The normalized spacial score (nSPS) is 16.8. The lowest BCUT2D eigenvalue weighted by Gasteiger charge is -2.24. The number of anilines is 3. The standard InChI is InChI=1S/C20H20ClF3N6O/c21-16-9-12(27-19-28-18(25)29-30-19)8-15(20(22,23)24)17(16)11-3-5-13(6-4-11)31-14-2-1-7-26-10-14/h3-6,8-9,14,26H,1-2,7,10H2,(H4,25,27,28,29,30). The summed E-state index contributed by atoms with van der Waals surface area (Å²) < 4.78 is 47.5. The van der Waals surface area contributed by atoms with Crippen LogP contribution in [0.25, 0.3) is 11.1 Å². The van der Waals surface area contributed by atoms with Gasteiger partial charge in [-0.3, -0.25) is 0 Å². The first kappa shape index (κ1) is 21.3. The fraction of sp³-hybridized carbons (Fsp3) is 0.300. The van der Waals surface area contributed by atoms with Crippen LogP contribution in [0.3, 0.4) is 0 Å². The van der Waals surface area contributed by atoms with E-state index < -0.39 is 11.7 Å². The first-order valence-corrected chi connectivity index (χ1v) is 10.0. The Morgan fingerprint density at radius 2 is 1.97 bits per heavy atom. The quantitative estimate of drug-likeness (QED) is 0.451. The number of H-pyrrole nitrogens is 1. The van der Waals surface area contributed by atoms with Crippen molar-refractivity contribution in [2.75, 3.05) is 24.1 Å². The summed E-state index contributed by atoms with van der Waals surface area (Å²) in [6, 6.07) is 8.81. The zero-order valence-electron chi connectivity index (χ0n) is 16.3. The van der Waals surface area contributed by atoms with Crippen molar-refractivity contribution in [2.24, 2.45) is 0 Å². The number of hydrogen-bond donors (Lipinski definition) is 4. The average molecular weight is 453 g/mol. The molecule has 3 aromatic rings. The Labute approximate surface area is 181 Å². The molecule has 1 fully saturated rings. The third kappa shape index (κ3) is 5.02. The van der Waals surface area contributed by atoms with E-state index in [9.17, 15) is 13.2 Å². The van der Waals surface area contributed by atoms with Crippen LogP contribution in [-0.4, -0.2) is 34.4 Å². The molecule has 1 aromatic heterocycles. The topological polar surface area (TPSA) is 101 Å². The molecule has 0 saturated carbocycles. The number of rotatable bonds is 5. The number of halogens is 4. The van der Waals surface area contributed by atoms with Crippen molar-refractivity contribution in [1.29, 1.82) is 0 Å². The van der Waals surface area contributed by atoms with Gasteiger partial charge in [-0.1, -0.05) is 23.7 Å². The second-order valence-corrected chi connectivity index (χ2v) is 7.57. The van der Waals surface area contributed by atoms with Gasteiger partial charge < -0.3 is 21.1 Å². The summed E-state index contributed by atoms with van der Waals surface area (Å²) in [6.45, 7) is 1.71. The molecule has 1 atom stereocenters. The number of hydrogen-bond acceptors (Lipinski definition) is 6. The molecule has 31 heavy (non-hydrogen) atoms. The highest BCUT2D eigenvalue weighted by Gasteiger charge is 2.35. The van der Waals surface area contributed by atoms with Crippen molar-refractivity contribution in [2.45, 2.75) is 25.1 Å². The van der Waals surface area contributed by atoms with E-state index in [0.717, 1.165) is 32.0 Å². The second-order valence-electron chi connectivity index (χ2n) is 7.16. The average Bonchev–Trinajstić information content (AvgIpc) is 3.13. The number of nitrogen functional groups attached to an aromatic ring is 1.